The van der Waals surface area contributed by atoms with Crippen LogP contribution >= 0.6 is 12.2 Å². The van der Waals surface area contributed by atoms with Crippen molar-refractivity contribution in [3.8, 4) is 0 Å². The third kappa shape index (κ3) is 2.83. The molecular weight excluding hydrogens is 300 g/mol. The second-order valence-electron chi connectivity index (χ2n) is 7.39. The number of benzene rings is 2. The molecule has 0 unspecified atom stereocenters. The molecular formula is C20H26N2S. The first-order valence-corrected chi connectivity index (χ1v) is 8.89. The Balaban J connectivity index is 2.17. The van der Waals surface area contributed by atoms with Crippen LogP contribution in [0, 0.1) is 11.8 Å². The average Bonchev–Trinajstić information content (AvgIpc) is 2.73. The lowest BCUT2D eigenvalue weighted by Crippen LogP contribution is -2.31. The Bertz CT molecular complexity index is 739. The highest BCUT2D eigenvalue weighted by atomic mass is 32.1. The van der Waals surface area contributed by atoms with Crippen LogP contribution in [0.3, 0.4) is 0 Å². The Morgan fingerprint density at radius 2 is 1.65 bits per heavy atom. The number of hydrogen-bond acceptors (Lipinski definition) is 2. The van der Waals surface area contributed by atoms with Gasteiger partial charge < -0.3 is 9.80 Å². The maximum Gasteiger partial charge on any atom is 0.114 e. The summed E-state index contributed by atoms with van der Waals surface area (Å²) in [5.41, 5.74) is 3.77. The summed E-state index contributed by atoms with van der Waals surface area (Å²) in [4.78, 5) is 5.60. The predicted molar refractivity (Wildman–Crippen MR) is 106 cm³/mol. The van der Waals surface area contributed by atoms with Gasteiger partial charge in [-0.25, -0.2) is 0 Å². The van der Waals surface area contributed by atoms with Gasteiger partial charge in [0.2, 0.25) is 0 Å². The number of nitrogens with zero attached hydrogens (tertiary/aromatic N) is 2. The van der Waals surface area contributed by atoms with E-state index in [-0.39, 0.29) is 0 Å². The van der Waals surface area contributed by atoms with Crippen LogP contribution in [0.25, 0.3) is 10.8 Å². The molecule has 23 heavy (non-hydrogen) atoms. The molecule has 0 spiro atoms. The first kappa shape index (κ1) is 16.3. The molecule has 0 aliphatic carbocycles. The Labute approximate surface area is 145 Å². The average molecular weight is 327 g/mol. The van der Waals surface area contributed by atoms with Crippen LogP contribution in [0.5, 0.6) is 0 Å². The van der Waals surface area contributed by atoms with Crippen LogP contribution in [-0.4, -0.2) is 25.1 Å². The van der Waals surface area contributed by atoms with Crippen molar-refractivity contribution in [3.63, 3.8) is 0 Å². The summed E-state index contributed by atoms with van der Waals surface area (Å²) in [6.07, 6.45) is 0. The molecule has 0 N–H and O–H groups in total. The molecule has 3 heteroatoms. The molecule has 122 valence electrons. The summed E-state index contributed by atoms with van der Waals surface area (Å²) in [6, 6.07) is 11.0. The molecule has 1 aliphatic heterocycles. The minimum atomic E-state index is 0.639. The minimum absolute atomic E-state index is 0.639. The Kier molecular flexibility index (Phi) is 4.33. The number of thiocarbonyl (C=S) groups is 1. The number of rotatable bonds is 5. The number of hydrogen-bond donors (Lipinski definition) is 0. The summed E-state index contributed by atoms with van der Waals surface area (Å²) in [6.45, 7) is 11.3. The van der Waals surface area contributed by atoms with Crippen LogP contribution in [-0.2, 0) is 0 Å². The predicted octanol–water partition coefficient (Wildman–Crippen LogP) is 5.08. The Morgan fingerprint density at radius 3 is 2.26 bits per heavy atom. The molecule has 1 heterocycles. The summed E-state index contributed by atoms with van der Waals surface area (Å²) < 4.78 is 0. The van der Waals surface area contributed by atoms with Gasteiger partial charge in [-0.2, -0.15) is 0 Å². The molecule has 0 saturated carbocycles. The smallest absolute Gasteiger partial charge is 0.114 e. The third-order valence-electron chi connectivity index (χ3n) is 4.40. The van der Waals surface area contributed by atoms with Gasteiger partial charge in [0.15, 0.2) is 0 Å². The van der Waals surface area contributed by atoms with Crippen LogP contribution < -0.4 is 9.80 Å². The van der Waals surface area contributed by atoms with Crippen LogP contribution in [0.2, 0.25) is 0 Å². The minimum Gasteiger partial charge on any atom is -0.371 e. The zero-order valence-electron chi connectivity index (χ0n) is 14.8. The highest BCUT2D eigenvalue weighted by molar-refractivity contribution is 7.81. The monoisotopic (exact) mass is 326 g/mol. The molecule has 0 amide bonds. The first-order chi connectivity index (χ1) is 10.9. The van der Waals surface area contributed by atoms with E-state index in [0.29, 0.717) is 11.8 Å². The van der Waals surface area contributed by atoms with E-state index in [2.05, 4.69) is 74.9 Å². The fourth-order valence-electron chi connectivity index (χ4n) is 3.55. The van der Waals surface area contributed by atoms with Crippen molar-refractivity contribution in [2.24, 2.45) is 11.8 Å². The number of anilines is 2. The summed E-state index contributed by atoms with van der Waals surface area (Å²) in [5.74, 6) is 1.28. The van der Waals surface area contributed by atoms with Crippen molar-refractivity contribution in [1.82, 2.24) is 0 Å². The van der Waals surface area contributed by atoms with Crippen LogP contribution in [0.4, 0.5) is 11.4 Å². The standard InChI is InChI=1S/C20H26N2S/c1-13(2)11-22(12-14(3)4)17-9-10-18-19-15(17)7-6-8-16(19)20(23)21(18)5/h6-10,13-14H,11-12H2,1-5H3. The topological polar surface area (TPSA) is 6.48 Å². The Hall–Kier alpha value is -1.61. The summed E-state index contributed by atoms with van der Waals surface area (Å²) in [5, 5.41) is 2.64. The molecule has 0 atom stereocenters. The van der Waals surface area contributed by atoms with Crippen molar-refractivity contribution in [2.75, 3.05) is 29.9 Å². The Morgan fingerprint density at radius 1 is 1.00 bits per heavy atom. The van der Waals surface area contributed by atoms with Gasteiger partial charge in [0, 0.05) is 42.2 Å². The molecule has 0 saturated heterocycles. The van der Waals surface area contributed by atoms with Gasteiger partial charge in [0.25, 0.3) is 0 Å². The quantitative estimate of drug-likeness (QED) is 0.707. The molecule has 2 aromatic rings. The zero-order valence-corrected chi connectivity index (χ0v) is 15.6. The van der Waals surface area contributed by atoms with E-state index < -0.39 is 0 Å². The van der Waals surface area contributed by atoms with Gasteiger partial charge in [-0.15, -0.1) is 0 Å². The summed E-state index contributed by atoms with van der Waals surface area (Å²) >= 11 is 5.62. The molecule has 2 nitrogen and oxygen atoms in total. The molecule has 0 fully saturated rings. The first-order valence-electron chi connectivity index (χ1n) is 8.49. The zero-order chi connectivity index (χ0) is 16.7. The molecule has 1 aliphatic rings. The fourth-order valence-corrected chi connectivity index (χ4v) is 3.82. The molecule has 0 radical (unpaired) electrons. The molecule has 0 aromatic heterocycles. The van der Waals surface area contributed by atoms with E-state index in [0.717, 1.165) is 18.1 Å². The van der Waals surface area contributed by atoms with E-state index in [1.807, 2.05) is 0 Å². The van der Waals surface area contributed by atoms with E-state index in [1.165, 1.54) is 27.7 Å². The van der Waals surface area contributed by atoms with Crippen molar-refractivity contribution >= 4 is 39.4 Å². The third-order valence-corrected chi connectivity index (χ3v) is 4.90. The second-order valence-corrected chi connectivity index (χ2v) is 7.78. The SMILES string of the molecule is CC(C)CN(CC(C)C)c1ccc2c3c(cccc13)C(=S)N2C. The van der Waals surface area contributed by atoms with Gasteiger partial charge in [-0.1, -0.05) is 58.1 Å². The lowest BCUT2D eigenvalue weighted by atomic mass is 10.0. The van der Waals surface area contributed by atoms with Crippen molar-refractivity contribution in [2.45, 2.75) is 27.7 Å². The van der Waals surface area contributed by atoms with Gasteiger partial charge in [-0.05, 0) is 24.0 Å². The van der Waals surface area contributed by atoms with Gasteiger partial charge in [0.05, 0.1) is 5.69 Å². The van der Waals surface area contributed by atoms with Crippen molar-refractivity contribution < 1.29 is 0 Å². The fraction of sp³-hybridized carbons (Fsp3) is 0.450. The second kappa shape index (κ2) is 6.12. The summed E-state index contributed by atoms with van der Waals surface area (Å²) in [7, 11) is 2.07. The molecule has 0 bridgehead atoms. The normalized spacial score (nSPS) is 13.7. The maximum atomic E-state index is 5.62. The lowest BCUT2D eigenvalue weighted by molar-refractivity contribution is 0.554. The van der Waals surface area contributed by atoms with Crippen LogP contribution in [0.1, 0.15) is 33.3 Å². The highest BCUT2D eigenvalue weighted by Crippen LogP contribution is 2.41. The van der Waals surface area contributed by atoms with E-state index in [4.69, 9.17) is 12.2 Å². The van der Waals surface area contributed by atoms with Crippen LogP contribution in [0.15, 0.2) is 30.3 Å². The van der Waals surface area contributed by atoms with E-state index in [9.17, 15) is 0 Å². The largest absolute Gasteiger partial charge is 0.371 e. The van der Waals surface area contributed by atoms with E-state index in [1.54, 1.807) is 0 Å². The van der Waals surface area contributed by atoms with Gasteiger partial charge in [-0.3, -0.25) is 0 Å². The molecule has 3 rings (SSSR count). The molecule has 2 aromatic carbocycles. The lowest BCUT2D eigenvalue weighted by Gasteiger charge is -2.30. The van der Waals surface area contributed by atoms with E-state index >= 15 is 0 Å². The van der Waals surface area contributed by atoms with Gasteiger partial charge >= 0.3 is 0 Å². The highest BCUT2D eigenvalue weighted by Gasteiger charge is 2.26. The van der Waals surface area contributed by atoms with Gasteiger partial charge in [0.1, 0.15) is 4.99 Å². The van der Waals surface area contributed by atoms with Crippen molar-refractivity contribution in [3.05, 3.63) is 35.9 Å². The maximum absolute atomic E-state index is 5.62. The van der Waals surface area contributed by atoms with Crippen molar-refractivity contribution in [1.29, 1.82) is 0 Å².